The van der Waals surface area contributed by atoms with Crippen LogP contribution in [0, 0.1) is 0 Å². The van der Waals surface area contributed by atoms with Gasteiger partial charge in [0.05, 0.1) is 12.3 Å². The molecule has 3 nitrogen and oxygen atoms in total. The van der Waals surface area contributed by atoms with Gasteiger partial charge in [-0.2, -0.15) is 0 Å². The smallest absolute Gasteiger partial charge is 0.142 e. The van der Waals surface area contributed by atoms with Crippen LogP contribution in [0.3, 0.4) is 0 Å². The average Bonchev–Trinajstić information content (AvgIpc) is 2.38. The van der Waals surface area contributed by atoms with E-state index in [1.54, 1.807) is 6.20 Å². The van der Waals surface area contributed by atoms with Crippen molar-refractivity contribution >= 4 is 0 Å². The van der Waals surface area contributed by atoms with Crippen LogP contribution < -0.4 is 10.5 Å². The lowest BCUT2D eigenvalue weighted by molar-refractivity contribution is 0.300. The zero-order chi connectivity index (χ0) is 12.3. The summed E-state index contributed by atoms with van der Waals surface area (Å²) in [7, 11) is 0. The molecule has 0 aliphatic rings. The maximum atomic E-state index is 5.69. The molecule has 2 N–H and O–H groups in total. The molecule has 0 aromatic carbocycles. The summed E-state index contributed by atoms with van der Waals surface area (Å²) in [5, 5.41) is 0. The van der Waals surface area contributed by atoms with Gasteiger partial charge in [-0.05, 0) is 18.6 Å². The van der Waals surface area contributed by atoms with Gasteiger partial charge in [0, 0.05) is 12.7 Å². The van der Waals surface area contributed by atoms with Crippen molar-refractivity contribution in [2.45, 2.75) is 52.0 Å². The van der Waals surface area contributed by atoms with Gasteiger partial charge in [-0.15, -0.1) is 0 Å². The van der Waals surface area contributed by atoms with Crippen molar-refractivity contribution in [1.29, 1.82) is 0 Å². The van der Waals surface area contributed by atoms with Crippen LogP contribution in [0.5, 0.6) is 5.75 Å². The van der Waals surface area contributed by atoms with Crippen LogP contribution in [-0.4, -0.2) is 11.6 Å². The van der Waals surface area contributed by atoms with E-state index in [0.29, 0.717) is 6.54 Å². The lowest BCUT2D eigenvalue weighted by Crippen LogP contribution is -2.05. The summed E-state index contributed by atoms with van der Waals surface area (Å²) in [5.74, 6) is 0.837. The SMILES string of the molecule is CCCCCCCCOc1cccnc1CN. The van der Waals surface area contributed by atoms with Crippen LogP contribution in [0.4, 0.5) is 0 Å². The minimum absolute atomic E-state index is 0.437. The fourth-order valence-corrected chi connectivity index (χ4v) is 1.77. The fourth-order valence-electron chi connectivity index (χ4n) is 1.77. The maximum absolute atomic E-state index is 5.69. The van der Waals surface area contributed by atoms with Gasteiger partial charge < -0.3 is 10.5 Å². The number of ether oxygens (including phenoxy) is 1. The van der Waals surface area contributed by atoms with Crippen molar-refractivity contribution in [3.63, 3.8) is 0 Å². The van der Waals surface area contributed by atoms with E-state index in [1.807, 2.05) is 12.1 Å². The zero-order valence-corrected chi connectivity index (χ0v) is 10.8. The molecule has 1 heterocycles. The fraction of sp³-hybridized carbons (Fsp3) is 0.643. The number of hydrogen-bond acceptors (Lipinski definition) is 3. The Kier molecular flexibility index (Phi) is 7.39. The molecule has 0 amide bonds. The van der Waals surface area contributed by atoms with Crippen molar-refractivity contribution in [3.8, 4) is 5.75 Å². The summed E-state index contributed by atoms with van der Waals surface area (Å²) in [6.45, 7) is 3.44. The van der Waals surface area contributed by atoms with E-state index >= 15 is 0 Å². The molecule has 1 aromatic rings. The van der Waals surface area contributed by atoms with Gasteiger partial charge >= 0.3 is 0 Å². The summed E-state index contributed by atoms with van der Waals surface area (Å²) < 4.78 is 5.69. The second-order valence-electron chi connectivity index (χ2n) is 4.27. The molecule has 96 valence electrons. The van der Waals surface area contributed by atoms with Gasteiger partial charge in [-0.1, -0.05) is 39.0 Å². The van der Waals surface area contributed by atoms with Crippen molar-refractivity contribution in [1.82, 2.24) is 4.98 Å². The van der Waals surface area contributed by atoms with Crippen LogP contribution in [-0.2, 0) is 6.54 Å². The standard InChI is InChI=1S/C14H24N2O/c1-2-3-4-5-6-7-11-17-14-9-8-10-16-13(14)12-15/h8-10H,2-7,11-12,15H2,1H3. The van der Waals surface area contributed by atoms with Gasteiger partial charge in [-0.3, -0.25) is 4.98 Å². The third-order valence-electron chi connectivity index (χ3n) is 2.80. The van der Waals surface area contributed by atoms with E-state index in [-0.39, 0.29) is 0 Å². The Morgan fingerprint density at radius 3 is 2.71 bits per heavy atom. The summed E-state index contributed by atoms with van der Waals surface area (Å²) in [4.78, 5) is 4.19. The Hall–Kier alpha value is -1.09. The Labute approximate surface area is 104 Å². The summed E-state index contributed by atoms with van der Waals surface area (Å²) in [6, 6.07) is 3.82. The number of nitrogens with two attached hydrogens (primary N) is 1. The molecular weight excluding hydrogens is 212 g/mol. The maximum Gasteiger partial charge on any atom is 0.142 e. The first kappa shape index (κ1) is 14.0. The van der Waals surface area contributed by atoms with Crippen LogP contribution in [0.1, 0.15) is 51.1 Å². The van der Waals surface area contributed by atoms with Crippen molar-refractivity contribution < 1.29 is 4.74 Å². The van der Waals surface area contributed by atoms with E-state index < -0.39 is 0 Å². The second kappa shape index (κ2) is 8.99. The quantitative estimate of drug-likeness (QED) is 0.669. The number of pyridine rings is 1. The molecular formula is C14H24N2O. The highest BCUT2D eigenvalue weighted by molar-refractivity contribution is 5.26. The first-order chi connectivity index (χ1) is 8.38. The van der Waals surface area contributed by atoms with Crippen molar-refractivity contribution in [3.05, 3.63) is 24.0 Å². The van der Waals surface area contributed by atoms with Gasteiger partial charge in [0.1, 0.15) is 5.75 Å². The van der Waals surface area contributed by atoms with Crippen LogP contribution in [0.15, 0.2) is 18.3 Å². The van der Waals surface area contributed by atoms with Crippen LogP contribution in [0.2, 0.25) is 0 Å². The normalized spacial score (nSPS) is 10.5. The predicted octanol–water partition coefficient (Wildman–Crippen LogP) is 3.28. The number of unbranched alkanes of at least 4 members (excludes halogenated alkanes) is 5. The van der Waals surface area contributed by atoms with Gasteiger partial charge in [0.2, 0.25) is 0 Å². The molecule has 0 saturated heterocycles. The average molecular weight is 236 g/mol. The van der Waals surface area contributed by atoms with Crippen LogP contribution >= 0.6 is 0 Å². The lowest BCUT2D eigenvalue weighted by Gasteiger charge is -2.08. The third kappa shape index (κ3) is 5.68. The van der Waals surface area contributed by atoms with E-state index in [0.717, 1.165) is 24.5 Å². The molecule has 1 aromatic heterocycles. The molecule has 1 rings (SSSR count). The minimum atomic E-state index is 0.437. The van der Waals surface area contributed by atoms with Gasteiger partial charge in [0.15, 0.2) is 0 Å². The predicted molar refractivity (Wildman–Crippen MR) is 71.0 cm³/mol. The van der Waals surface area contributed by atoms with Gasteiger partial charge in [0.25, 0.3) is 0 Å². The van der Waals surface area contributed by atoms with E-state index in [4.69, 9.17) is 10.5 Å². The first-order valence-corrected chi connectivity index (χ1v) is 6.65. The summed E-state index contributed by atoms with van der Waals surface area (Å²) in [5.41, 5.74) is 6.44. The molecule has 0 aliphatic heterocycles. The van der Waals surface area contributed by atoms with Gasteiger partial charge in [-0.25, -0.2) is 0 Å². The number of hydrogen-bond donors (Lipinski definition) is 1. The molecule has 0 spiro atoms. The zero-order valence-electron chi connectivity index (χ0n) is 10.8. The largest absolute Gasteiger partial charge is 0.492 e. The molecule has 0 bridgehead atoms. The van der Waals surface area contributed by atoms with Crippen molar-refractivity contribution in [2.24, 2.45) is 5.73 Å². The van der Waals surface area contributed by atoms with E-state index in [1.165, 1.54) is 32.1 Å². The number of aromatic nitrogens is 1. The molecule has 3 heteroatoms. The highest BCUT2D eigenvalue weighted by Gasteiger charge is 2.01. The molecule has 0 atom stereocenters. The molecule has 0 unspecified atom stereocenters. The summed E-state index contributed by atoms with van der Waals surface area (Å²) in [6.07, 6.45) is 9.42. The first-order valence-electron chi connectivity index (χ1n) is 6.65. The molecule has 0 fully saturated rings. The molecule has 17 heavy (non-hydrogen) atoms. The Morgan fingerprint density at radius 2 is 1.94 bits per heavy atom. The lowest BCUT2D eigenvalue weighted by atomic mass is 10.1. The van der Waals surface area contributed by atoms with E-state index in [9.17, 15) is 0 Å². The number of rotatable bonds is 9. The van der Waals surface area contributed by atoms with Crippen LogP contribution in [0.25, 0.3) is 0 Å². The minimum Gasteiger partial charge on any atom is -0.492 e. The topological polar surface area (TPSA) is 48.1 Å². The summed E-state index contributed by atoms with van der Waals surface area (Å²) >= 11 is 0. The highest BCUT2D eigenvalue weighted by Crippen LogP contribution is 2.15. The Bertz CT molecular complexity index is 302. The Balaban J connectivity index is 2.13. The second-order valence-corrected chi connectivity index (χ2v) is 4.27. The van der Waals surface area contributed by atoms with Crippen molar-refractivity contribution in [2.75, 3.05) is 6.61 Å². The monoisotopic (exact) mass is 236 g/mol. The third-order valence-corrected chi connectivity index (χ3v) is 2.80. The highest BCUT2D eigenvalue weighted by atomic mass is 16.5. The molecule has 0 saturated carbocycles. The van der Waals surface area contributed by atoms with E-state index in [2.05, 4.69) is 11.9 Å². The Morgan fingerprint density at radius 1 is 1.18 bits per heavy atom. The molecule has 0 radical (unpaired) electrons. The number of nitrogens with zero attached hydrogens (tertiary/aromatic N) is 1. The molecule has 0 aliphatic carbocycles.